The van der Waals surface area contributed by atoms with Crippen molar-refractivity contribution in [1.82, 2.24) is 0 Å². The molecule has 0 saturated carbocycles. The Morgan fingerprint density at radius 2 is 1.54 bits per heavy atom. The van der Waals surface area contributed by atoms with Gasteiger partial charge in [-0.3, -0.25) is 4.79 Å². The predicted molar refractivity (Wildman–Crippen MR) is 84.9 cm³/mol. The van der Waals surface area contributed by atoms with E-state index >= 15 is 0 Å². The smallest absolute Gasteiger partial charge is 0.416 e. The number of nitrogens with one attached hydrogen (secondary N) is 1. The van der Waals surface area contributed by atoms with E-state index in [4.69, 9.17) is 10.5 Å². The van der Waals surface area contributed by atoms with Gasteiger partial charge in [0.05, 0.1) is 23.4 Å². The summed E-state index contributed by atoms with van der Waals surface area (Å²) in [6.45, 7) is -1.05. The minimum Gasteiger partial charge on any atom is -0.489 e. The van der Waals surface area contributed by atoms with E-state index < -0.39 is 47.4 Å². The standard InChI is InChI=1S/C17H13F7N2O2/c18-13-6-12(1-2-14(13)26-15(27)7-25)28-8-9-3-10(16(19,20)21)5-11(4-9)17(22,23)24/h1-6H,7-8,25H2,(H,26,27). The SMILES string of the molecule is NCC(=O)Nc1ccc(OCc2cc(C(F)(F)F)cc(C(F)(F)F)c2)cc1F. The molecule has 1 amide bonds. The Morgan fingerprint density at radius 3 is 2.00 bits per heavy atom. The van der Waals surface area contributed by atoms with Gasteiger partial charge < -0.3 is 15.8 Å². The molecule has 0 heterocycles. The lowest BCUT2D eigenvalue weighted by molar-refractivity contribution is -0.143. The number of amides is 1. The van der Waals surface area contributed by atoms with Gasteiger partial charge in [0.15, 0.2) is 0 Å². The molecule has 2 aromatic rings. The van der Waals surface area contributed by atoms with E-state index in [9.17, 15) is 35.5 Å². The second-order valence-electron chi connectivity index (χ2n) is 5.60. The molecule has 3 N–H and O–H groups in total. The maximum Gasteiger partial charge on any atom is 0.416 e. The van der Waals surface area contributed by atoms with Crippen molar-refractivity contribution in [2.75, 3.05) is 11.9 Å². The van der Waals surface area contributed by atoms with Crippen molar-refractivity contribution in [1.29, 1.82) is 0 Å². The Labute approximate surface area is 154 Å². The van der Waals surface area contributed by atoms with Gasteiger partial charge in [-0.2, -0.15) is 26.3 Å². The summed E-state index contributed by atoms with van der Waals surface area (Å²) in [6, 6.07) is 4.16. The molecule has 11 heteroatoms. The van der Waals surface area contributed by atoms with Crippen LogP contribution in [0.4, 0.5) is 36.4 Å². The lowest BCUT2D eigenvalue weighted by atomic mass is 10.1. The van der Waals surface area contributed by atoms with E-state index in [1.54, 1.807) is 0 Å². The molecule has 0 fully saturated rings. The number of alkyl halides is 6. The van der Waals surface area contributed by atoms with E-state index in [0.717, 1.165) is 12.1 Å². The zero-order chi connectivity index (χ0) is 21.1. The quantitative estimate of drug-likeness (QED) is 0.721. The number of carbonyl (C=O) groups is 1. The number of nitrogens with two attached hydrogens (primary N) is 1. The van der Waals surface area contributed by atoms with Crippen molar-refractivity contribution in [3.8, 4) is 5.75 Å². The number of benzene rings is 2. The minimum absolute atomic E-state index is 0.00190. The van der Waals surface area contributed by atoms with E-state index in [1.807, 2.05) is 0 Å². The number of ether oxygens (including phenoxy) is 1. The van der Waals surface area contributed by atoms with Gasteiger partial charge >= 0.3 is 12.4 Å². The number of anilines is 1. The molecule has 0 saturated heterocycles. The number of halogens is 7. The summed E-state index contributed by atoms with van der Waals surface area (Å²) in [5, 5.41) is 2.16. The fourth-order valence-corrected chi connectivity index (χ4v) is 2.16. The van der Waals surface area contributed by atoms with Crippen LogP contribution in [0.15, 0.2) is 36.4 Å². The molecule has 4 nitrogen and oxygen atoms in total. The number of hydrogen-bond acceptors (Lipinski definition) is 3. The Kier molecular flexibility index (Phi) is 6.17. The van der Waals surface area contributed by atoms with Crippen molar-refractivity contribution in [2.45, 2.75) is 19.0 Å². The summed E-state index contributed by atoms with van der Waals surface area (Å²) in [5.41, 5.74) is 1.51. The van der Waals surface area contributed by atoms with Crippen molar-refractivity contribution in [3.63, 3.8) is 0 Å². The van der Waals surface area contributed by atoms with Crippen LogP contribution in [-0.2, 0) is 23.8 Å². The minimum atomic E-state index is -4.98. The van der Waals surface area contributed by atoms with E-state index in [2.05, 4.69) is 5.32 Å². The molecule has 2 aromatic carbocycles. The fourth-order valence-electron chi connectivity index (χ4n) is 2.16. The Morgan fingerprint density at radius 1 is 0.964 bits per heavy atom. The van der Waals surface area contributed by atoms with Crippen LogP contribution in [0.3, 0.4) is 0 Å². The molecule has 0 unspecified atom stereocenters. The van der Waals surface area contributed by atoms with Gasteiger partial charge in [0, 0.05) is 6.07 Å². The van der Waals surface area contributed by atoms with E-state index in [0.29, 0.717) is 12.1 Å². The first-order valence-electron chi connectivity index (χ1n) is 7.61. The predicted octanol–water partition coefficient (Wildman–Crippen LogP) is 4.34. The van der Waals surface area contributed by atoms with Crippen LogP contribution in [0, 0.1) is 5.82 Å². The highest BCUT2D eigenvalue weighted by atomic mass is 19.4. The van der Waals surface area contributed by atoms with Crippen molar-refractivity contribution < 1.29 is 40.3 Å². The average Bonchev–Trinajstić information content (AvgIpc) is 2.60. The third kappa shape index (κ3) is 5.59. The van der Waals surface area contributed by atoms with Gasteiger partial charge in [-0.1, -0.05) is 0 Å². The topological polar surface area (TPSA) is 64.4 Å². The second kappa shape index (κ2) is 8.05. The van der Waals surface area contributed by atoms with Crippen LogP contribution in [0.2, 0.25) is 0 Å². The monoisotopic (exact) mass is 410 g/mol. The van der Waals surface area contributed by atoms with Crippen molar-refractivity contribution in [3.05, 3.63) is 58.9 Å². The Balaban J connectivity index is 2.22. The molecule has 0 aliphatic carbocycles. The summed E-state index contributed by atoms with van der Waals surface area (Å²) in [5.74, 6) is -1.73. The third-order valence-corrected chi connectivity index (χ3v) is 3.45. The molecule has 0 radical (unpaired) electrons. The van der Waals surface area contributed by atoms with E-state index in [-0.39, 0.29) is 24.0 Å². The normalized spacial score (nSPS) is 12.0. The average molecular weight is 410 g/mol. The largest absolute Gasteiger partial charge is 0.489 e. The zero-order valence-electron chi connectivity index (χ0n) is 13.9. The third-order valence-electron chi connectivity index (χ3n) is 3.45. The van der Waals surface area contributed by atoms with Crippen LogP contribution >= 0.6 is 0 Å². The van der Waals surface area contributed by atoms with E-state index in [1.165, 1.54) is 6.07 Å². The molecular formula is C17H13F7N2O2. The molecule has 0 aliphatic heterocycles. The van der Waals surface area contributed by atoms with Crippen molar-refractivity contribution >= 4 is 11.6 Å². The molecule has 0 aromatic heterocycles. The number of rotatable bonds is 5. The lowest BCUT2D eigenvalue weighted by Crippen LogP contribution is -2.22. The summed E-state index contributed by atoms with van der Waals surface area (Å²) in [6.07, 6.45) is -9.96. The van der Waals surface area contributed by atoms with Gasteiger partial charge in [-0.05, 0) is 35.9 Å². The first kappa shape index (κ1) is 21.5. The highest BCUT2D eigenvalue weighted by molar-refractivity contribution is 5.92. The highest BCUT2D eigenvalue weighted by Gasteiger charge is 2.36. The Bertz CT molecular complexity index is 831. The molecule has 0 atom stereocenters. The van der Waals surface area contributed by atoms with Crippen LogP contribution in [0.25, 0.3) is 0 Å². The van der Waals surface area contributed by atoms with Crippen LogP contribution in [0.1, 0.15) is 16.7 Å². The van der Waals surface area contributed by atoms with Crippen LogP contribution in [-0.4, -0.2) is 12.5 Å². The zero-order valence-corrected chi connectivity index (χ0v) is 13.9. The fraction of sp³-hybridized carbons (Fsp3) is 0.235. The maximum absolute atomic E-state index is 13.9. The second-order valence-corrected chi connectivity index (χ2v) is 5.60. The van der Waals surface area contributed by atoms with Gasteiger partial charge in [-0.15, -0.1) is 0 Å². The summed E-state index contributed by atoms with van der Waals surface area (Å²) < 4.78 is 95.9. The highest BCUT2D eigenvalue weighted by Crippen LogP contribution is 2.36. The summed E-state index contributed by atoms with van der Waals surface area (Å²) in [4.78, 5) is 11.1. The van der Waals surface area contributed by atoms with Crippen LogP contribution in [0.5, 0.6) is 5.75 Å². The molecular weight excluding hydrogens is 397 g/mol. The lowest BCUT2D eigenvalue weighted by Gasteiger charge is -2.15. The summed E-state index contributed by atoms with van der Waals surface area (Å²) >= 11 is 0. The van der Waals surface area contributed by atoms with Gasteiger partial charge in [0.1, 0.15) is 18.2 Å². The molecule has 0 bridgehead atoms. The number of carbonyl (C=O) groups excluding carboxylic acids is 1. The van der Waals surface area contributed by atoms with Crippen molar-refractivity contribution in [2.24, 2.45) is 5.73 Å². The van der Waals surface area contributed by atoms with Gasteiger partial charge in [0.2, 0.25) is 5.91 Å². The maximum atomic E-state index is 13.9. The summed E-state index contributed by atoms with van der Waals surface area (Å²) in [7, 11) is 0. The van der Waals surface area contributed by atoms with Crippen LogP contribution < -0.4 is 15.8 Å². The first-order valence-corrected chi connectivity index (χ1v) is 7.61. The van der Waals surface area contributed by atoms with Gasteiger partial charge in [0.25, 0.3) is 0 Å². The molecule has 2 rings (SSSR count). The Hall–Kier alpha value is -2.82. The molecule has 152 valence electrons. The molecule has 28 heavy (non-hydrogen) atoms. The molecule has 0 spiro atoms. The number of hydrogen-bond donors (Lipinski definition) is 2. The molecule has 0 aliphatic rings. The van der Waals surface area contributed by atoms with Gasteiger partial charge in [-0.25, -0.2) is 4.39 Å². The first-order chi connectivity index (χ1) is 12.9.